The highest BCUT2D eigenvalue weighted by Gasteiger charge is 2.15. The van der Waals surface area contributed by atoms with Crippen LogP contribution in [0.5, 0.6) is 5.75 Å². The lowest BCUT2D eigenvalue weighted by Gasteiger charge is -2.11. The maximum atomic E-state index is 11.9. The van der Waals surface area contributed by atoms with E-state index in [9.17, 15) is 9.90 Å². The Kier molecular flexibility index (Phi) is 4.41. The SMILES string of the molecule is Cc1cccc(C)c1-n1nnnc1SCc1cc(=O)oc2cc(O)ccc12. The summed E-state index contributed by atoms with van der Waals surface area (Å²) in [6.07, 6.45) is 0. The molecule has 27 heavy (non-hydrogen) atoms. The van der Waals surface area contributed by atoms with E-state index in [1.807, 2.05) is 32.0 Å². The molecular weight excluding hydrogens is 364 g/mol. The average molecular weight is 380 g/mol. The molecule has 0 aliphatic heterocycles. The van der Waals surface area contributed by atoms with Gasteiger partial charge in [-0.1, -0.05) is 30.0 Å². The van der Waals surface area contributed by atoms with Crippen molar-refractivity contribution in [2.24, 2.45) is 0 Å². The molecule has 4 aromatic rings. The molecule has 2 heterocycles. The number of phenols is 1. The molecule has 8 heteroatoms. The zero-order chi connectivity index (χ0) is 19.0. The highest BCUT2D eigenvalue weighted by molar-refractivity contribution is 7.98. The van der Waals surface area contributed by atoms with Crippen molar-refractivity contribution < 1.29 is 9.52 Å². The summed E-state index contributed by atoms with van der Waals surface area (Å²) in [5, 5.41) is 23.1. The molecule has 7 nitrogen and oxygen atoms in total. The van der Waals surface area contributed by atoms with E-state index in [-0.39, 0.29) is 5.75 Å². The number of aromatic hydroxyl groups is 1. The second-order valence-corrected chi connectivity index (χ2v) is 7.12. The van der Waals surface area contributed by atoms with Gasteiger partial charge < -0.3 is 9.52 Å². The van der Waals surface area contributed by atoms with Gasteiger partial charge in [0.25, 0.3) is 0 Å². The van der Waals surface area contributed by atoms with E-state index in [2.05, 4.69) is 15.5 Å². The van der Waals surface area contributed by atoms with E-state index >= 15 is 0 Å². The van der Waals surface area contributed by atoms with Gasteiger partial charge >= 0.3 is 5.63 Å². The number of para-hydroxylation sites is 1. The third-order valence-corrected chi connectivity index (χ3v) is 5.23. The van der Waals surface area contributed by atoms with Crippen molar-refractivity contribution in [3.8, 4) is 11.4 Å². The van der Waals surface area contributed by atoms with Gasteiger partial charge in [0, 0.05) is 23.3 Å². The van der Waals surface area contributed by atoms with Gasteiger partial charge in [-0.3, -0.25) is 0 Å². The summed E-state index contributed by atoms with van der Waals surface area (Å²) in [4.78, 5) is 11.9. The maximum Gasteiger partial charge on any atom is 0.336 e. The summed E-state index contributed by atoms with van der Waals surface area (Å²) >= 11 is 1.43. The lowest BCUT2D eigenvalue weighted by molar-refractivity contribution is 0.473. The molecule has 0 atom stereocenters. The first-order chi connectivity index (χ1) is 13.0. The van der Waals surface area contributed by atoms with Crippen molar-refractivity contribution >= 4 is 22.7 Å². The number of thioether (sulfide) groups is 1. The Hall–Kier alpha value is -3.13. The molecule has 2 aromatic heterocycles. The van der Waals surface area contributed by atoms with Crippen LogP contribution in [0.25, 0.3) is 16.7 Å². The minimum absolute atomic E-state index is 0.0504. The molecule has 4 rings (SSSR count). The lowest BCUT2D eigenvalue weighted by atomic mass is 10.1. The largest absolute Gasteiger partial charge is 0.508 e. The Morgan fingerprint density at radius 3 is 2.70 bits per heavy atom. The summed E-state index contributed by atoms with van der Waals surface area (Å²) in [5.41, 5.74) is 3.79. The van der Waals surface area contributed by atoms with Gasteiger partial charge in [-0.25, -0.2) is 4.79 Å². The maximum absolute atomic E-state index is 11.9. The molecule has 1 N–H and O–H groups in total. The number of fused-ring (bicyclic) bond motifs is 1. The first-order valence-electron chi connectivity index (χ1n) is 8.26. The average Bonchev–Trinajstić information content (AvgIpc) is 3.07. The summed E-state index contributed by atoms with van der Waals surface area (Å²) in [5.74, 6) is 0.535. The zero-order valence-corrected chi connectivity index (χ0v) is 15.5. The molecule has 0 fully saturated rings. The van der Waals surface area contributed by atoms with Gasteiger partial charge in [-0.2, -0.15) is 4.68 Å². The molecule has 0 amide bonds. The molecular formula is C19H16N4O3S. The van der Waals surface area contributed by atoms with Crippen LogP contribution in [-0.2, 0) is 5.75 Å². The second kappa shape index (κ2) is 6.88. The Morgan fingerprint density at radius 1 is 1.15 bits per heavy atom. The fraction of sp³-hybridized carbons (Fsp3) is 0.158. The van der Waals surface area contributed by atoms with Crippen molar-refractivity contribution in [1.29, 1.82) is 0 Å². The van der Waals surface area contributed by atoms with Crippen LogP contribution in [0.2, 0.25) is 0 Å². The first-order valence-corrected chi connectivity index (χ1v) is 9.25. The highest BCUT2D eigenvalue weighted by atomic mass is 32.2. The van der Waals surface area contributed by atoms with Crippen molar-refractivity contribution in [2.75, 3.05) is 0 Å². The molecule has 0 aliphatic rings. The van der Waals surface area contributed by atoms with Gasteiger partial charge in [-0.15, -0.1) is 5.10 Å². The van der Waals surface area contributed by atoms with Crippen LogP contribution in [0.1, 0.15) is 16.7 Å². The van der Waals surface area contributed by atoms with Crippen molar-refractivity contribution in [1.82, 2.24) is 20.2 Å². The fourth-order valence-electron chi connectivity index (χ4n) is 3.03. The van der Waals surface area contributed by atoms with Gasteiger partial charge in [0.1, 0.15) is 11.3 Å². The summed E-state index contributed by atoms with van der Waals surface area (Å²) in [6, 6.07) is 12.2. The van der Waals surface area contributed by atoms with Crippen LogP contribution < -0.4 is 5.63 Å². The van der Waals surface area contributed by atoms with E-state index in [1.54, 1.807) is 16.8 Å². The molecule has 0 radical (unpaired) electrons. The summed E-state index contributed by atoms with van der Waals surface area (Å²) in [6.45, 7) is 4.03. The molecule has 0 spiro atoms. The van der Waals surface area contributed by atoms with Crippen molar-refractivity contribution in [3.05, 3.63) is 69.6 Å². The van der Waals surface area contributed by atoms with Gasteiger partial charge in [0.15, 0.2) is 0 Å². The van der Waals surface area contributed by atoms with Crippen LogP contribution in [0.15, 0.2) is 56.8 Å². The number of aryl methyl sites for hydroxylation is 2. The van der Waals surface area contributed by atoms with E-state index in [0.29, 0.717) is 16.5 Å². The smallest absolute Gasteiger partial charge is 0.336 e. The quantitative estimate of drug-likeness (QED) is 0.428. The summed E-state index contributed by atoms with van der Waals surface area (Å²) in [7, 11) is 0. The van der Waals surface area contributed by atoms with Crippen LogP contribution in [-0.4, -0.2) is 25.3 Å². The number of aromatic nitrogens is 4. The monoisotopic (exact) mass is 380 g/mol. The number of hydrogen-bond acceptors (Lipinski definition) is 7. The second-order valence-electron chi connectivity index (χ2n) is 6.17. The van der Waals surface area contributed by atoms with E-state index in [1.165, 1.54) is 23.9 Å². The topological polar surface area (TPSA) is 94.0 Å². The minimum atomic E-state index is -0.460. The number of phenolic OH excluding ortho intramolecular Hbond substituents is 1. The van der Waals surface area contributed by atoms with E-state index < -0.39 is 5.63 Å². The number of benzene rings is 2. The minimum Gasteiger partial charge on any atom is -0.508 e. The Bertz CT molecular complexity index is 1180. The van der Waals surface area contributed by atoms with Crippen molar-refractivity contribution in [2.45, 2.75) is 24.8 Å². The van der Waals surface area contributed by atoms with Gasteiger partial charge in [0.05, 0.1) is 5.69 Å². The van der Waals surface area contributed by atoms with Crippen LogP contribution in [0.4, 0.5) is 0 Å². The Morgan fingerprint density at radius 2 is 1.93 bits per heavy atom. The third-order valence-electron chi connectivity index (χ3n) is 4.26. The first kappa shape index (κ1) is 17.3. The number of rotatable bonds is 4. The molecule has 0 saturated carbocycles. The van der Waals surface area contributed by atoms with E-state index in [0.717, 1.165) is 27.8 Å². The van der Waals surface area contributed by atoms with Gasteiger partial charge in [-0.05, 0) is 53.1 Å². The number of nitrogens with zero attached hydrogens (tertiary/aromatic N) is 4. The molecule has 0 bridgehead atoms. The standard InChI is InChI=1S/C19H16N4O3S/c1-11-4-3-5-12(2)18(11)23-19(20-21-22-23)27-10-13-8-17(25)26-16-9-14(24)6-7-15(13)16/h3-9,24H,10H2,1-2H3. The van der Waals surface area contributed by atoms with E-state index in [4.69, 9.17) is 4.42 Å². The molecule has 2 aromatic carbocycles. The fourth-order valence-corrected chi connectivity index (χ4v) is 3.90. The molecule has 0 saturated heterocycles. The van der Waals surface area contributed by atoms with Gasteiger partial charge in [0.2, 0.25) is 5.16 Å². The molecule has 0 aliphatic carbocycles. The number of hydrogen-bond donors (Lipinski definition) is 1. The Balaban J connectivity index is 1.69. The third kappa shape index (κ3) is 3.31. The van der Waals surface area contributed by atoms with Crippen LogP contribution >= 0.6 is 11.8 Å². The molecule has 0 unspecified atom stereocenters. The van der Waals surface area contributed by atoms with Crippen molar-refractivity contribution in [3.63, 3.8) is 0 Å². The predicted octanol–water partition coefficient (Wildman–Crippen LogP) is 3.38. The molecule has 136 valence electrons. The summed E-state index contributed by atoms with van der Waals surface area (Å²) < 4.78 is 6.89. The number of tetrazole rings is 1. The van der Waals surface area contributed by atoms with Crippen LogP contribution in [0.3, 0.4) is 0 Å². The zero-order valence-electron chi connectivity index (χ0n) is 14.7. The highest BCUT2D eigenvalue weighted by Crippen LogP contribution is 2.29. The normalized spacial score (nSPS) is 11.2. The Labute approximate surface area is 158 Å². The lowest BCUT2D eigenvalue weighted by Crippen LogP contribution is -2.04. The van der Waals surface area contributed by atoms with Crippen LogP contribution in [0, 0.1) is 13.8 Å². The predicted molar refractivity (Wildman–Crippen MR) is 102 cm³/mol.